The van der Waals surface area contributed by atoms with Crippen LogP contribution in [0.5, 0.6) is 0 Å². The average Bonchev–Trinajstić information content (AvgIpc) is 3.02. The molecule has 0 spiro atoms. The molecule has 4 nitrogen and oxygen atoms in total. The summed E-state index contributed by atoms with van der Waals surface area (Å²) in [6.45, 7) is 2.47. The fraction of sp³-hybridized carbons (Fsp3) is 0.412. The summed E-state index contributed by atoms with van der Waals surface area (Å²) in [6.07, 6.45) is -2.43. The summed E-state index contributed by atoms with van der Waals surface area (Å²) in [5.41, 5.74) is 0.293. The molecule has 1 saturated heterocycles. The van der Waals surface area contributed by atoms with Gasteiger partial charge < -0.3 is 4.90 Å². The molecule has 1 aromatic heterocycles. The zero-order chi connectivity index (χ0) is 18.0. The van der Waals surface area contributed by atoms with E-state index >= 15 is 0 Å². The molecule has 134 valence electrons. The number of benzene rings is 1. The largest absolute Gasteiger partial charge is 0.433 e. The molecule has 0 saturated carbocycles. The van der Waals surface area contributed by atoms with E-state index in [2.05, 4.69) is 42.9 Å². The molecule has 1 unspecified atom stereocenters. The second-order valence-corrected chi connectivity index (χ2v) is 7.07. The van der Waals surface area contributed by atoms with Gasteiger partial charge in [-0.1, -0.05) is 28.1 Å². The molecule has 1 fully saturated rings. The summed E-state index contributed by atoms with van der Waals surface area (Å²) in [7, 11) is 1.75. The highest BCUT2D eigenvalue weighted by atomic mass is 79.9. The summed E-state index contributed by atoms with van der Waals surface area (Å²) >= 11 is 3.46. The maximum atomic E-state index is 12.8. The zero-order valence-corrected chi connectivity index (χ0v) is 15.3. The van der Waals surface area contributed by atoms with Crippen LogP contribution in [0.1, 0.15) is 17.7 Å². The van der Waals surface area contributed by atoms with Gasteiger partial charge in [-0.3, -0.25) is 4.90 Å². The summed E-state index contributed by atoms with van der Waals surface area (Å²) in [4.78, 5) is 11.7. The van der Waals surface area contributed by atoms with E-state index in [-0.39, 0.29) is 12.0 Å². The Balaban J connectivity index is 1.65. The second kappa shape index (κ2) is 7.29. The van der Waals surface area contributed by atoms with Gasteiger partial charge in [-0.2, -0.15) is 13.2 Å². The topological polar surface area (TPSA) is 32.3 Å². The lowest BCUT2D eigenvalue weighted by Crippen LogP contribution is -2.35. The molecule has 0 bridgehead atoms. The number of hydrogen-bond donors (Lipinski definition) is 0. The molecule has 2 aromatic rings. The molecular formula is C17H18BrF3N4. The van der Waals surface area contributed by atoms with Crippen molar-refractivity contribution in [1.29, 1.82) is 0 Å². The van der Waals surface area contributed by atoms with Gasteiger partial charge >= 0.3 is 6.18 Å². The Hall–Kier alpha value is -1.67. The van der Waals surface area contributed by atoms with Crippen molar-refractivity contribution in [3.05, 3.63) is 52.3 Å². The highest BCUT2D eigenvalue weighted by Crippen LogP contribution is 2.29. The second-order valence-electron chi connectivity index (χ2n) is 6.16. The van der Waals surface area contributed by atoms with Crippen molar-refractivity contribution >= 4 is 21.9 Å². The zero-order valence-electron chi connectivity index (χ0n) is 13.7. The summed E-state index contributed by atoms with van der Waals surface area (Å²) in [5.74, 6) is 0.115. The van der Waals surface area contributed by atoms with Crippen LogP contribution >= 0.6 is 15.9 Å². The first-order valence-electron chi connectivity index (χ1n) is 7.93. The summed E-state index contributed by atoms with van der Waals surface area (Å²) in [6, 6.07) is 9.11. The highest BCUT2D eigenvalue weighted by molar-refractivity contribution is 9.10. The minimum atomic E-state index is -4.46. The highest BCUT2D eigenvalue weighted by Gasteiger charge is 2.34. The lowest BCUT2D eigenvalue weighted by Gasteiger charge is -2.25. The third-order valence-corrected chi connectivity index (χ3v) is 4.83. The number of anilines is 1. The minimum absolute atomic E-state index is 0.0932. The maximum Gasteiger partial charge on any atom is 0.433 e. The Morgan fingerprint density at radius 1 is 1.32 bits per heavy atom. The maximum absolute atomic E-state index is 12.8. The first-order chi connectivity index (χ1) is 11.8. The SMILES string of the molecule is CN(c1nccc(C(F)(F)F)n1)C1CCN(Cc2cccc(Br)c2)C1. The Labute approximate surface area is 152 Å². The van der Waals surface area contributed by atoms with Crippen molar-refractivity contribution < 1.29 is 13.2 Å². The van der Waals surface area contributed by atoms with Crippen LogP contribution in [0.15, 0.2) is 41.0 Å². The number of hydrogen-bond acceptors (Lipinski definition) is 4. The summed E-state index contributed by atoms with van der Waals surface area (Å²) < 4.78 is 39.5. The van der Waals surface area contributed by atoms with Crippen molar-refractivity contribution in [3.8, 4) is 0 Å². The quantitative estimate of drug-likeness (QED) is 0.757. The molecule has 1 aromatic carbocycles. The van der Waals surface area contributed by atoms with E-state index < -0.39 is 11.9 Å². The molecule has 0 aliphatic carbocycles. The molecule has 3 rings (SSSR count). The van der Waals surface area contributed by atoms with Crippen LogP contribution in [-0.4, -0.2) is 41.0 Å². The molecule has 0 amide bonds. The monoisotopic (exact) mass is 414 g/mol. The lowest BCUT2D eigenvalue weighted by molar-refractivity contribution is -0.141. The first kappa shape index (κ1) is 18.1. The Morgan fingerprint density at radius 2 is 2.12 bits per heavy atom. The smallest absolute Gasteiger partial charge is 0.340 e. The standard InChI is InChI=1S/C17H18BrF3N4/c1-24(16-22-7-5-15(23-16)17(19,20)21)14-6-8-25(11-14)10-12-3-2-4-13(18)9-12/h2-5,7,9,14H,6,8,10-11H2,1H3. The Morgan fingerprint density at radius 3 is 2.84 bits per heavy atom. The van der Waals surface area contributed by atoms with Gasteiger partial charge in [0.2, 0.25) is 5.95 Å². The molecule has 0 radical (unpaired) electrons. The fourth-order valence-electron chi connectivity index (χ4n) is 3.00. The van der Waals surface area contributed by atoms with Crippen LogP contribution in [0.2, 0.25) is 0 Å². The van der Waals surface area contributed by atoms with Gasteiger partial charge in [0.05, 0.1) is 0 Å². The molecular weight excluding hydrogens is 397 g/mol. The van der Waals surface area contributed by atoms with Gasteiger partial charge in [-0.15, -0.1) is 0 Å². The van der Waals surface area contributed by atoms with E-state index in [1.807, 2.05) is 12.1 Å². The third kappa shape index (κ3) is 4.49. The number of likely N-dealkylation sites (N-methyl/N-ethyl adjacent to an activating group) is 1. The fourth-order valence-corrected chi connectivity index (χ4v) is 3.45. The van der Waals surface area contributed by atoms with E-state index in [0.717, 1.165) is 42.8 Å². The molecule has 8 heteroatoms. The van der Waals surface area contributed by atoms with Gasteiger partial charge in [0.15, 0.2) is 0 Å². The van der Waals surface area contributed by atoms with E-state index in [4.69, 9.17) is 0 Å². The molecule has 1 atom stereocenters. The number of nitrogens with zero attached hydrogens (tertiary/aromatic N) is 4. The number of likely N-dealkylation sites (tertiary alicyclic amines) is 1. The van der Waals surface area contributed by atoms with Crippen molar-refractivity contribution in [2.45, 2.75) is 25.2 Å². The number of rotatable bonds is 4. The van der Waals surface area contributed by atoms with Crippen LogP contribution in [0, 0.1) is 0 Å². The number of halogens is 4. The molecule has 1 aliphatic heterocycles. The van der Waals surface area contributed by atoms with Crippen LogP contribution in [0.3, 0.4) is 0 Å². The van der Waals surface area contributed by atoms with Crippen molar-refractivity contribution in [3.63, 3.8) is 0 Å². The van der Waals surface area contributed by atoms with Crippen LogP contribution < -0.4 is 4.90 Å². The van der Waals surface area contributed by atoms with Gasteiger partial charge in [-0.25, -0.2) is 9.97 Å². The average molecular weight is 415 g/mol. The Bertz CT molecular complexity index is 738. The van der Waals surface area contributed by atoms with Crippen molar-refractivity contribution in [2.24, 2.45) is 0 Å². The molecule has 0 N–H and O–H groups in total. The lowest BCUT2D eigenvalue weighted by atomic mass is 10.2. The predicted octanol–water partition coefficient (Wildman–Crippen LogP) is 3.97. The van der Waals surface area contributed by atoms with E-state index in [9.17, 15) is 13.2 Å². The molecule has 25 heavy (non-hydrogen) atoms. The van der Waals surface area contributed by atoms with Crippen LogP contribution in [0.25, 0.3) is 0 Å². The first-order valence-corrected chi connectivity index (χ1v) is 8.72. The normalized spacial score (nSPS) is 18.5. The third-order valence-electron chi connectivity index (χ3n) is 4.34. The number of aromatic nitrogens is 2. The Kier molecular flexibility index (Phi) is 5.29. The molecule has 2 heterocycles. The van der Waals surface area contributed by atoms with E-state index in [1.165, 1.54) is 5.56 Å². The van der Waals surface area contributed by atoms with Gasteiger partial charge in [-0.05, 0) is 30.2 Å². The molecule has 1 aliphatic rings. The minimum Gasteiger partial charge on any atom is -0.340 e. The van der Waals surface area contributed by atoms with Gasteiger partial charge in [0.25, 0.3) is 0 Å². The van der Waals surface area contributed by atoms with Gasteiger partial charge in [0, 0.05) is 43.4 Å². The predicted molar refractivity (Wildman–Crippen MR) is 93.3 cm³/mol. The van der Waals surface area contributed by atoms with E-state index in [1.54, 1.807) is 11.9 Å². The van der Waals surface area contributed by atoms with Crippen molar-refractivity contribution in [2.75, 3.05) is 25.0 Å². The van der Waals surface area contributed by atoms with Crippen molar-refractivity contribution in [1.82, 2.24) is 14.9 Å². The van der Waals surface area contributed by atoms with Crippen LogP contribution in [-0.2, 0) is 12.7 Å². The van der Waals surface area contributed by atoms with Gasteiger partial charge in [0.1, 0.15) is 5.69 Å². The van der Waals surface area contributed by atoms with E-state index in [0.29, 0.717) is 0 Å². The summed E-state index contributed by atoms with van der Waals surface area (Å²) in [5, 5.41) is 0. The van der Waals surface area contributed by atoms with Crippen LogP contribution in [0.4, 0.5) is 19.1 Å². The number of alkyl halides is 3.